The Morgan fingerprint density at radius 3 is 2.64 bits per heavy atom. The van der Waals surface area contributed by atoms with E-state index < -0.39 is 0 Å². The molecule has 134 valence electrons. The van der Waals surface area contributed by atoms with Crippen LogP contribution in [0.5, 0.6) is 11.5 Å². The van der Waals surface area contributed by atoms with Gasteiger partial charge in [0.2, 0.25) is 0 Å². The van der Waals surface area contributed by atoms with Crippen molar-refractivity contribution in [2.45, 2.75) is 18.4 Å². The van der Waals surface area contributed by atoms with Crippen LogP contribution in [0.2, 0.25) is 0 Å². The molecule has 0 bridgehead atoms. The molecule has 2 aromatic rings. The van der Waals surface area contributed by atoms with Crippen LogP contribution in [0.4, 0.5) is 5.69 Å². The van der Waals surface area contributed by atoms with Crippen LogP contribution < -0.4 is 14.8 Å². The number of benzene rings is 1. The molecule has 0 spiro atoms. The minimum Gasteiger partial charge on any atom is -0.497 e. The largest absolute Gasteiger partial charge is 0.497 e. The van der Waals surface area contributed by atoms with Crippen molar-refractivity contribution in [2.75, 3.05) is 32.4 Å². The summed E-state index contributed by atoms with van der Waals surface area (Å²) < 4.78 is 15.9. The lowest BCUT2D eigenvalue weighted by Crippen LogP contribution is -2.04. The molecule has 0 unspecified atom stereocenters. The Kier molecular flexibility index (Phi) is 7.01. The van der Waals surface area contributed by atoms with Gasteiger partial charge in [0.15, 0.2) is 0 Å². The smallest absolute Gasteiger partial charge is 0.138 e. The molecule has 0 aliphatic rings. The second kappa shape index (κ2) is 9.22. The van der Waals surface area contributed by atoms with Crippen LogP contribution in [0.1, 0.15) is 18.2 Å². The lowest BCUT2D eigenvalue weighted by atomic mass is 10.2. The van der Waals surface area contributed by atoms with E-state index in [1.54, 1.807) is 39.3 Å². The zero-order chi connectivity index (χ0) is 18.2. The number of thioether (sulfide) groups is 1. The molecule has 0 aliphatic carbocycles. The highest BCUT2D eigenvalue weighted by Crippen LogP contribution is 2.30. The van der Waals surface area contributed by atoms with E-state index in [1.807, 2.05) is 18.2 Å². The predicted molar refractivity (Wildman–Crippen MR) is 104 cm³/mol. The average Bonchev–Trinajstić information content (AvgIpc) is 2.66. The molecular weight excluding hydrogens is 336 g/mol. The predicted octanol–water partition coefficient (Wildman–Crippen LogP) is 4.44. The summed E-state index contributed by atoms with van der Waals surface area (Å²) in [5.74, 6) is 3.07. The van der Waals surface area contributed by atoms with Crippen LogP contribution in [0.3, 0.4) is 0 Å². The fraction of sp³-hybridized carbons (Fsp3) is 0.316. The second-order valence-corrected chi connectivity index (χ2v) is 6.47. The Hall–Kier alpha value is -2.34. The maximum atomic E-state index is 5.44. The fourth-order valence-electron chi connectivity index (χ4n) is 2.31. The number of ether oxygens (including phenoxy) is 3. The van der Waals surface area contributed by atoms with Crippen LogP contribution in [0.15, 0.2) is 41.9 Å². The number of nitrogens with one attached hydrogen (secondary N) is 1. The molecule has 0 amide bonds. The molecule has 5 nitrogen and oxygen atoms in total. The van der Waals surface area contributed by atoms with E-state index in [4.69, 9.17) is 14.2 Å². The third-order valence-electron chi connectivity index (χ3n) is 3.64. The summed E-state index contributed by atoms with van der Waals surface area (Å²) in [5.41, 5.74) is 2.75. The van der Waals surface area contributed by atoms with Crippen molar-refractivity contribution in [3.63, 3.8) is 0 Å². The van der Waals surface area contributed by atoms with Crippen LogP contribution in [-0.4, -0.2) is 32.1 Å². The Morgan fingerprint density at radius 1 is 1.20 bits per heavy atom. The van der Waals surface area contributed by atoms with Crippen molar-refractivity contribution in [2.24, 2.45) is 0 Å². The molecule has 2 rings (SSSR count). The molecule has 6 heteroatoms. The van der Waals surface area contributed by atoms with Crippen molar-refractivity contribution < 1.29 is 14.2 Å². The Labute approximate surface area is 153 Å². The van der Waals surface area contributed by atoms with Gasteiger partial charge < -0.3 is 19.5 Å². The number of hydrogen-bond acceptors (Lipinski definition) is 6. The van der Waals surface area contributed by atoms with E-state index in [0.717, 1.165) is 39.1 Å². The number of pyridine rings is 1. The lowest BCUT2D eigenvalue weighted by molar-refractivity contribution is 0.368. The Balaban J connectivity index is 2.18. The maximum absolute atomic E-state index is 5.44. The molecule has 1 N–H and O–H groups in total. The summed E-state index contributed by atoms with van der Waals surface area (Å²) in [4.78, 5) is 5.53. The molecule has 0 saturated carbocycles. The number of aromatic nitrogens is 1. The second-order valence-electron chi connectivity index (χ2n) is 5.16. The van der Waals surface area contributed by atoms with Crippen molar-refractivity contribution >= 4 is 23.2 Å². The summed E-state index contributed by atoms with van der Waals surface area (Å²) in [5, 5.41) is 3.39. The van der Waals surface area contributed by atoms with E-state index in [1.165, 1.54) is 0 Å². The standard InChI is InChI=1S/C19H24N2O3S/c1-6-25-18-9-15(12-21-19(18)13(2)22-3)20-11-14-7-8-16(23-4)10-17(14)24-5/h7-10,12,20H,2,6,11H2,1,3-5H3. The third kappa shape index (κ3) is 4.82. The van der Waals surface area contributed by atoms with Crippen molar-refractivity contribution in [1.29, 1.82) is 0 Å². The molecule has 0 aliphatic heterocycles. The summed E-state index contributed by atoms with van der Waals surface area (Å²) >= 11 is 1.71. The molecule has 25 heavy (non-hydrogen) atoms. The maximum Gasteiger partial charge on any atom is 0.138 e. The molecule has 1 aromatic heterocycles. The van der Waals surface area contributed by atoms with Crippen LogP contribution >= 0.6 is 11.8 Å². The van der Waals surface area contributed by atoms with Crippen LogP contribution in [0, 0.1) is 0 Å². The first-order valence-corrected chi connectivity index (χ1v) is 8.92. The first-order valence-electron chi connectivity index (χ1n) is 7.93. The molecular formula is C19H24N2O3S. The SMILES string of the molecule is C=C(OC)c1ncc(NCc2ccc(OC)cc2OC)cc1SCC. The Morgan fingerprint density at radius 2 is 2.00 bits per heavy atom. The van der Waals surface area contributed by atoms with Gasteiger partial charge in [-0.1, -0.05) is 13.5 Å². The highest BCUT2D eigenvalue weighted by molar-refractivity contribution is 7.99. The van der Waals surface area contributed by atoms with Crippen molar-refractivity contribution in [1.82, 2.24) is 4.98 Å². The van der Waals surface area contributed by atoms with Crippen molar-refractivity contribution in [3.8, 4) is 11.5 Å². The Bertz CT molecular complexity index is 735. The highest BCUT2D eigenvalue weighted by Gasteiger charge is 2.11. The number of methoxy groups -OCH3 is 3. The number of nitrogens with zero attached hydrogens (tertiary/aromatic N) is 1. The van der Waals surface area contributed by atoms with Crippen LogP contribution in [0.25, 0.3) is 5.76 Å². The van der Waals surface area contributed by atoms with Gasteiger partial charge in [-0.25, -0.2) is 4.98 Å². The molecule has 0 atom stereocenters. The minimum absolute atomic E-state index is 0.569. The van der Waals surface area contributed by atoms with E-state index in [2.05, 4.69) is 29.9 Å². The van der Waals surface area contributed by atoms with E-state index in [0.29, 0.717) is 12.3 Å². The lowest BCUT2D eigenvalue weighted by Gasteiger charge is -2.14. The topological polar surface area (TPSA) is 52.6 Å². The monoisotopic (exact) mass is 360 g/mol. The fourth-order valence-corrected chi connectivity index (χ4v) is 3.13. The average molecular weight is 360 g/mol. The highest BCUT2D eigenvalue weighted by atomic mass is 32.2. The number of anilines is 1. The molecule has 0 saturated heterocycles. The first-order chi connectivity index (χ1) is 12.1. The van der Waals surface area contributed by atoms with Gasteiger partial charge in [0.1, 0.15) is 23.0 Å². The van der Waals surface area contributed by atoms with E-state index >= 15 is 0 Å². The molecule has 0 radical (unpaired) electrons. The van der Waals surface area contributed by atoms with Gasteiger partial charge in [-0.05, 0) is 24.0 Å². The van der Waals surface area contributed by atoms with Crippen molar-refractivity contribution in [3.05, 3.63) is 48.3 Å². The van der Waals surface area contributed by atoms with Gasteiger partial charge in [0.25, 0.3) is 0 Å². The van der Waals surface area contributed by atoms with E-state index in [9.17, 15) is 0 Å². The normalized spacial score (nSPS) is 10.2. The quantitative estimate of drug-likeness (QED) is 0.527. The summed E-state index contributed by atoms with van der Waals surface area (Å²) in [6.45, 7) is 6.63. The van der Waals surface area contributed by atoms with E-state index in [-0.39, 0.29) is 0 Å². The zero-order valence-corrected chi connectivity index (χ0v) is 15.9. The van der Waals surface area contributed by atoms with Gasteiger partial charge in [-0.2, -0.15) is 0 Å². The minimum atomic E-state index is 0.569. The zero-order valence-electron chi connectivity index (χ0n) is 15.1. The molecule has 1 heterocycles. The number of rotatable bonds is 9. The van der Waals surface area contributed by atoms with Gasteiger partial charge >= 0.3 is 0 Å². The van der Waals surface area contributed by atoms with Gasteiger partial charge in [0, 0.05) is 23.1 Å². The first kappa shape index (κ1) is 19.0. The number of hydrogen-bond donors (Lipinski definition) is 1. The van der Waals surface area contributed by atoms with Gasteiger partial charge in [-0.3, -0.25) is 0 Å². The van der Waals surface area contributed by atoms with Gasteiger partial charge in [-0.15, -0.1) is 11.8 Å². The molecule has 1 aromatic carbocycles. The third-order valence-corrected chi connectivity index (χ3v) is 4.55. The van der Waals surface area contributed by atoms with Crippen LogP contribution in [-0.2, 0) is 11.3 Å². The van der Waals surface area contributed by atoms with Gasteiger partial charge in [0.05, 0.1) is 33.2 Å². The summed E-state index contributed by atoms with van der Waals surface area (Å²) in [6, 6.07) is 7.85. The molecule has 0 fully saturated rings. The summed E-state index contributed by atoms with van der Waals surface area (Å²) in [7, 11) is 4.90. The summed E-state index contributed by atoms with van der Waals surface area (Å²) in [6.07, 6.45) is 1.79.